The summed E-state index contributed by atoms with van der Waals surface area (Å²) in [6, 6.07) is 1.23. The van der Waals surface area contributed by atoms with Crippen molar-refractivity contribution in [3.8, 4) is 0 Å². The first-order valence-corrected chi connectivity index (χ1v) is 5.99. The molecule has 1 aliphatic heterocycles. The van der Waals surface area contributed by atoms with Gasteiger partial charge in [0, 0.05) is 6.20 Å². The highest BCUT2D eigenvalue weighted by atomic mass is 127. The number of hydrogen-bond donors (Lipinski definition) is 0. The van der Waals surface area contributed by atoms with Gasteiger partial charge in [-0.25, -0.2) is 4.39 Å². The lowest BCUT2D eigenvalue weighted by atomic mass is 10.2. The van der Waals surface area contributed by atoms with Crippen molar-refractivity contribution in [2.75, 3.05) is 13.4 Å². The van der Waals surface area contributed by atoms with E-state index in [4.69, 9.17) is 9.47 Å². The van der Waals surface area contributed by atoms with Crippen molar-refractivity contribution in [3.63, 3.8) is 0 Å². The van der Waals surface area contributed by atoms with Crippen molar-refractivity contribution in [2.45, 2.75) is 19.1 Å². The van der Waals surface area contributed by atoms with Gasteiger partial charge in [-0.3, -0.25) is 4.79 Å². The summed E-state index contributed by atoms with van der Waals surface area (Å²) >= 11 is 1.83. The second-order valence-corrected chi connectivity index (χ2v) is 4.73. The van der Waals surface area contributed by atoms with Crippen LogP contribution in [0.4, 0.5) is 4.39 Å². The van der Waals surface area contributed by atoms with Gasteiger partial charge in [0.15, 0.2) is 0 Å². The fourth-order valence-electron chi connectivity index (χ4n) is 1.57. The van der Waals surface area contributed by atoms with E-state index in [2.05, 4.69) is 0 Å². The third-order valence-electron chi connectivity index (χ3n) is 2.38. The molecule has 0 radical (unpaired) electrons. The first kappa shape index (κ1) is 12.0. The lowest BCUT2D eigenvalue weighted by molar-refractivity contribution is -0.142. The molecule has 2 rings (SSSR count). The second-order valence-electron chi connectivity index (χ2n) is 3.57. The molecule has 0 aromatic carbocycles. The van der Waals surface area contributed by atoms with Crippen LogP contribution in [0.5, 0.6) is 0 Å². The Bertz CT molecular complexity index is 429. The van der Waals surface area contributed by atoms with Gasteiger partial charge in [-0.1, -0.05) is 0 Å². The van der Waals surface area contributed by atoms with Crippen molar-refractivity contribution in [1.29, 1.82) is 0 Å². The summed E-state index contributed by atoms with van der Waals surface area (Å²) in [6.45, 7) is 1.23. The molecule has 1 aromatic rings. The van der Waals surface area contributed by atoms with E-state index in [0.29, 0.717) is 16.7 Å². The van der Waals surface area contributed by atoms with Crippen LogP contribution < -0.4 is 5.56 Å². The molecular formula is C10H11FINO3. The molecule has 0 aliphatic carbocycles. The Morgan fingerprint density at radius 2 is 2.44 bits per heavy atom. The molecule has 88 valence electrons. The van der Waals surface area contributed by atoms with Crippen LogP contribution in [0.1, 0.15) is 6.42 Å². The fraction of sp³-hybridized carbons (Fsp3) is 0.500. The SMILES string of the molecule is O=c1c(I)cc(F)cn1CC1CCOCO1. The standard InChI is InChI=1S/C10H11FINO3/c11-7-3-9(12)10(14)13(4-7)5-8-1-2-15-6-16-8/h3-4,8H,1-2,5-6H2. The number of pyridine rings is 1. The van der Waals surface area contributed by atoms with Crippen LogP contribution in [-0.4, -0.2) is 24.1 Å². The maximum absolute atomic E-state index is 13.1. The summed E-state index contributed by atoms with van der Waals surface area (Å²) in [5.41, 5.74) is -0.183. The Hall–Kier alpha value is -0.470. The Balaban J connectivity index is 2.17. The summed E-state index contributed by atoms with van der Waals surface area (Å²) in [5.74, 6) is -0.406. The highest BCUT2D eigenvalue weighted by molar-refractivity contribution is 14.1. The van der Waals surface area contributed by atoms with Crippen LogP contribution in [0.15, 0.2) is 17.1 Å². The lowest BCUT2D eigenvalue weighted by Gasteiger charge is -2.23. The molecule has 6 heteroatoms. The largest absolute Gasteiger partial charge is 0.355 e. The average molecular weight is 339 g/mol. The zero-order valence-corrected chi connectivity index (χ0v) is 10.6. The molecule has 1 fully saturated rings. The molecule has 1 atom stereocenters. The van der Waals surface area contributed by atoms with E-state index in [-0.39, 0.29) is 18.5 Å². The number of hydrogen-bond acceptors (Lipinski definition) is 3. The van der Waals surface area contributed by atoms with Crippen molar-refractivity contribution in [1.82, 2.24) is 4.57 Å². The van der Waals surface area contributed by atoms with Gasteiger partial charge in [-0.2, -0.15) is 0 Å². The normalized spacial score (nSPS) is 21.0. The maximum Gasteiger partial charge on any atom is 0.264 e. The molecule has 16 heavy (non-hydrogen) atoms. The minimum atomic E-state index is -0.406. The van der Waals surface area contributed by atoms with Gasteiger partial charge < -0.3 is 14.0 Å². The molecule has 0 N–H and O–H groups in total. The number of ether oxygens (including phenoxy) is 2. The molecule has 0 saturated carbocycles. The second kappa shape index (κ2) is 5.24. The molecule has 0 bridgehead atoms. The molecule has 2 heterocycles. The Labute approximate surface area is 105 Å². The van der Waals surface area contributed by atoms with Crippen molar-refractivity contribution in [2.24, 2.45) is 0 Å². The molecular weight excluding hydrogens is 328 g/mol. The third-order valence-corrected chi connectivity index (χ3v) is 3.15. The summed E-state index contributed by atoms with van der Waals surface area (Å²) in [6.07, 6.45) is 1.85. The topological polar surface area (TPSA) is 40.5 Å². The molecule has 1 saturated heterocycles. The van der Waals surface area contributed by atoms with Crippen LogP contribution in [-0.2, 0) is 16.0 Å². The van der Waals surface area contributed by atoms with Crippen molar-refractivity contribution >= 4 is 22.6 Å². The molecule has 1 aliphatic rings. The minimum absolute atomic E-state index is 0.0796. The molecule has 1 aromatic heterocycles. The van der Waals surface area contributed by atoms with Gasteiger partial charge >= 0.3 is 0 Å². The van der Waals surface area contributed by atoms with Crippen LogP contribution >= 0.6 is 22.6 Å². The summed E-state index contributed by atoms with van der Waals surface area (Å²) in [4.78, 5) is 11.7. The van der Waals surface area contributed by atoms with Gasteiger partial charge in [0.1, 0.15) is 12.6 Å². The zero-order chi connectivity index (χ0) is 11.5. The van der Waals surface area contributed by atoms with E-state index >= 15 is 0 Å². The predicted octanol–water partition coefficient (Wildman–Crippen LogP) is 1.35. The van der Waals surface area contributed by atoms with E-state index in [1.807, 2.05) is 22.6 Å². The summed E-state index contributed by atoms with van der Waals surface area (Å²) < 4.78 is 25.2. The first-order chi connectivity index (χ1) is 7.66. The van der Waals surface area contributed by atoms with E-state index in [9.17, 15) is 9.18 Å². The Kier molecular flexibility index (Phi) is 3.93. The third kappa shape index (κ3) is 2.80. The fourth-order valence-corrected chi connectivity index (χ4v) is 2.17. The first-order valence-electron chi connectivity index (χ1n) is 4.91. The van der Waals surface area contributed by atoms with Gasteiger partial charge in [0.25, 0.3) is 5.56 Å². The number of halogens is 2. The number of aromatic nitrogens is 1. The maximum atomic E-state index is 13.1. The van der Waals surface area contributed by atoms with Gasteiger partial charge in [0.05, 0.1) is 22.8 Å². The molecule has 4 nitrogen and oxygen atoms in total. The van der Waals surface area contributed by atoms with E-state index in [0.717, 1.165) is 6.42 Å². The van der Waals surface area contributed by atoms with Crippen LogP contribution in [0.25, 0.3) is 0 Å². The predicted molar refractivity (Wildman–Crippen MR) is 63.7 cm³/mol. The number of rotatable bonds is 2. The van der Waals surface area contributed by atoms with Crippen molar-refractivity contribution < 1.29 is 13.9 Å². The summed E-state index contributed by atoms with van der Waals surface area (Å²) in [7, 11) is 0. The van der Waals surface area contributed by atoms with E-state index in [1.165, 1.54) is 16.8 Å². The van der Waals surface area contributed by atoms with E-state index in [1.54, 1.807) is 0 Å². The molecule has 1 unspecified atom stereocenters. The monoisotopic (exact) mass is 339 g/mol. The average Bonchev–Trinajstić information content (AvgIpc) is 2.27. The molecule has 0 amide bonds. The minimum Gasteiger partial charge on any atom is -0.355 e. The van der Waals surface area contributed by atoms with E-state index < -0.39 is 5.82 Å². The van der Waals surface area contributed by atoms with Crippen LogP contribution in [0, 0.1) is 9.39 Å². The molecule has 0 spiro atoms. The lowest BCUT2D eigenvalue weighted by Crippen LogP contribution is -2.33. The van der Waals surface area contributed by atoms with Crippen LogP contribution in [0.3, 0.4) is 0 Å². The van der Waals surface area contributed by atoms with Crippen molar-refractivity contribution in [3.05, 3.63) is 32.0 Å². The Morgan fingerprint density at radius 3 is 3.12 bits per heavy atom. The highest BCUT2D eigenvalue weighted by Gasteiger charge is 2.16. The van der Waals surface area contributed by atoms with Gasteiger partial charge in [-0.05, 0) is 35.1 Å². The highest BCUT2D eigenvalue weighted by Crippen LogP contribution is 2.09. The quantitative estimate of drug-likeness (QED) is 0.764. The summed E-state index contributed by atoms with van der Waals surface area (Å²) in [5, 5.41) is 0. The zero-order valence-electron chi connectivity index (χ0n) is 8.49. The van der Waals surface area contributed by atoms with Gasteiger partial charge in [-0.15, -0.1) is 0 Å². The van der Waals surface area contributed by atoms with Crippen LogP contribution in [0.2, 0.25) is 0 Å². The Morgan fingerprint density at radius 1 is 1.62 bits per heavy atom. The van der Waals surface area contributed by atoms with Gasteiger partial charge in [0.2, 0.25) is 0 Å². The number of nitrogens with zero attached hydrogens (tertiary/aromatic N) is 1. The smallest absolute Gasteiger partial charge is 0.264 e.